The molecule has 1 aliphatic rings. The molecule has 8 heteroatoms. The second-order valence-corrected chi connectivity index (χ2v) is 6.89. The van der Waals surface area contributed by atoms with Gasteiger partial charge in [0.15, 0.2) is 0 Å². The first-order valence-corrected chi connectivity index (χ1v) is 9.45. The van der Waals surface area contributed by atoms with Crippen LogP contribution >= 0.6 is 0 Å². The van der Waals surface area contributed by atoms with Crippen molar-refractivity contribution in [2.45, 2.75) is 25.4 Å². The number of aromatic nitrogens is 4. The number of hydrogen-bond acceptors (Lipinski definition) is 8. The third-order valence-electron chi connectivity index (χ3n) is 4.75. The lowest BCUT2D eigenvalue weighted by Gasteiger charge is -2.32. The van der Waals surface area contributed by atoms with E-state index in [1.807, 2.05) is 6.07 Å². The minimum atomic E-state index is 0.220. The molecule has 0 atom stereocenters. The summed E-state index contributed by atoms with van der Waals surface area (Å²) in [5.41, 5.74) is 7.24. The molecule has 0 saturated carbocycles. The first-order valence-electron chi connectivity index (χ1n) is 9.45. The van der Waals surface area contributed by atoms with E-state index in [1.165, 1.54) is 5.56 Å². The number of benzene rings is 1. The largest absolute Gasteiger partial charge is 0.368 e. The number of hydrogen-bond donors (Lipinski definition) is 3. The van der Waals surface area contributed by atoms with Crippen LogP contribution in [0.2, 0.25) is 0 Å². The van der Waals surface area contributed by atoms with Gasteiger partial charge in [-0.25, -0.2) is 4.98 Å². The molecule has 0 aliphatic carbocycles. The molecule has 2 aromatic heterocycles. The van der Waals surface area contributed by atoms with Gasteiger partial charge in [-0.2, -0.15) is 9.97 Å². The van der Waals surface area contributed by atoms with Gasteiger partial charge in [-0.05, 0) is 18.4 Å². The molecule has 0 spiro atoms. The molecule has 0 amide bonds. The lowest BCUT2D eigenvalue weighted by atomic mass is 10.0. The van der Waals surface area contributed by atoms with E-state index < -0.39 is 0 Å². The summed E-state index contributed by atoms with van der Waals surface area (Å²) in [5.74, 6) is 2.15. The third kappa shape index (κ3) is 4.92. The Labute approximate surface area is 164 Å². The van der Waals surface area contributed by atoms with Crippen molar-refractivity contribution < 1.29 is 0 Å². The number of likely N-dealkylation sites (tertiary alicyclic amines) is 1. The number of anilines is 4. The highest BCUT2D eigenvalue weighted by Gasteiger charge is 2.20. The van der Waals surface area contributed by atoms with Gasteiger partial charge in [0.25, 0.3) is 0 Å². The fraction of sp³-hybridized carbons (Fsp3) is 0.300. The zero-order chi connectivity index (χ0) is 19.2. The predicted octanol–water partition coefficient (Wildman–Crippen LogP) is 2.67. The van der Waals surface area contributed by atoms with E-state index in [1.54, 1.807) is 18.6 Å². The van der Waals surface area contributed by atoms with Crippen LogP contribution in [0.1, 0.15) is 18.4 Å². The smallest absolute Gasteiger partial charge is 0.223 e. The molecule has 1 aliphatic heterocycles. The highest BCUT2D eigenvalue weighted by molar-refractivity contribution is 5.57. The first kappa shape index (κ1) is 18.1. The van der Waals surface area contributed by atoms with Gasteiger partial charge >= 0.3 is 0 Å². The minimum Gasteiger partial charge on any atom is -0.368 e. The molecule has 4 N–H and O–H groups in total. The monoisotopic (exact) mass is 376 g/mol. The lowest BCUT2D eigenvalue weighted by Crippen LogP contribution is -2.38. The van der Waals surface area contributed by atoms with Crippen molar-refractivity contribution in [2.75, 3.05) is 29.5 Å². The molecule has 1 aromatic carbocycles. The summed E-state index contributed by atoms with van der Waals surface area (Å²) < 4.78 is 0. The van der Waals surface area contributed by atoms with E-state index in [9.17, 15) is 0 Å². The van der Waals surface area contributed by atoms with E-state index in [4.69, 9.17) is 5.73 Å². The molecule has 3 aromatic rings. The minimum absolute atomic E-state index is 0.220. The number of nitrogen functional groups attached to an aromatic ring is 1. The van der Waals surface area contributed by atoms with Crippen LogP contribution in [-0.4, -0.2) is 44.0 Å². The Balaban J connectivity index is 1.33. The van der Waals surface area contributed by atoms with Gasteiger partial charge < -0.3 is 16.4 Å². The molecule has 4 rings (SSSR count). The van der Waals surface area contributed by atoms with Gasteiger partial charge in [0, 0.05) is 44.1 Å². The van der Waals surface area contributed by atoms with Gasteiger partial charge in [-0.15, -0.1) is 0 Å². The van der Waals surface area contributed by atoms with Crippen molar-refractivity contribution in [1.29, 1.82) is 0 Å². The van der Waals surface area contributed by atoms with Crippen molar-refractivity contribution in [3.63, 3.8) is 0 Å². The highest BCUT2D eigenvalue weighted by Crippen LogP contribution is 2.20. The lowest BCUT2D eigenvalue weighted by molar-refractivity contribution is 0.211. The molecule has 1 fully saturated rings. The zero-order valence-electron chi connectivity index (χ0n) is 15.6. The van der Waals surface area contributed by atoms with Gasteiger partial charge in [-0.3, -0.25) is 9.88 Å². The predicted molar refractivity (Wildman–Crippen MR) is 110 cm³/mol. The topological polar surface area (TPSA) is 105 Å². The van der Waals surface area contributed by atoms with Crippen LogP contribution in [0.5, 0.6) is 0 Å². The number of nitrogens with zero attached hydrogens (tertiary/aromatic N) is 5. The summed E-state index contributed by atoms with van der Waals surface area (Å²) in [6, 6.07) is 12.8. The standard InChI is InChI=1S/C20H24N8/c21-20-26-17(12-18(27-20)25-19-13-22-8-9-23-19)24-16-6-10-28(11-7-16)14-15-4-2-1-3-5-15/h1-5,8-9,12-13,16H,6-7,10-11,14H2,(H4,21,23,24,25,26,27). The van der Waals surface area contributed by atoms with Crippen LogP contribution in [0.25, 0.3) is 0 Å². The highest BCUT2D eigenvalue weighted by atomic mass is 15.2. The van der Waals surface area contributed by atoms with Crippen molar-refractivity contribution in [3.05, 3.63) is 60.6 Å². The van der Waals surface area contributed by atoms with Crippen molar-refractivity contribution in [1.82, 2.24) is 24.8 Å². The fourth-order valence-electron chi connectivity index (χ4n) is 3.38. The van der Waals surface area contributed by atoms with Gasteiger partial charge in [0.1, 0.15) is 17.5 Å². The Morgan fingerprint density at radius 1 is 1.00 bits per heavy atom. The number of piperidine rings is 1. The van der Waals surface area contributed by atoms with Crippen LogP contribution in [0.4, 0.5) is 23.4 Å². The van der Waals surface area contributed by atoms with Gasteiger partial charge in [-0.1, -0.05) is 30.3 Å². The number of nitrogens with one attached hydrogen (secondary N) is 2. The number of rotatable bonds is 6. The molecule has 0 unspecified atom stereocenters. The Kier molecular flexibility index (Phi) is 5.58. The van der Waals surface area contributed by atoms with Crippen molar-refractivity contribution in [3.8, 4) is 0 Å². The number of nitrogens with two attached hydrogens (primary N) is 1. The molecular formula is C20H24N8. The molecule has 1 saturated heterocycles. The van der Waals surface area contributed by atoms with Crippen LogP contribution in [0.15, 0.2) is 55.0 Å². The van der Waals surface area contributed by atoms with Crippen LogP contribution in [0, 0.1) is 0 Å². The molecule has 3 heterocycles. The van der Waals surface area contributed by atoms with Crippen molar-refractivity contribution in [2.24, 2.45) is 0 Å². The zero-order valence-corrected chi connectivity index (χ0v) is 15.6. The van der Waals surface area contributed by atoms with Crippen LogP contribution in [0.3, 0.4) is 0 Å². The Morgan fingerprint density at radius 3 is 2.54 bits per heavy atom. The quantitative estimate of drug-likeness (QED) is 0.603. The average Bonchev–Trinajstić information content (AvgIpc) is 2.71. The Hall–Kier alpha value is -3.26. The van der Waals surface area contributed by atoms with E-state index in [2.05, 4.69) is 65.8 Å². The summed E-state index contributed by atoms with van der Waals surface area (Å²) in [7, 11) is 0. The van der Waals surface area contributed by atoms with E-state index in [0.717, 1.165) is 38.3 Å². The Morgan fingerprint density at radius 2 is 1.79 bits per heavy atom. The maximum Gasteiger partial charge on any atom is 0.223 e. The SMILES string of the molecule is Nc1nc(Nc2cnccn2)cc(NC2CCN(Cc3ccccc3)CC2)n1. The summed E-state index contributed by atoms with van der Waals surface area (Å²) in [6.45, 7) is 3.11. The third-order valence-corrected chi connectivity index (χ3v) is 4.75. The van der Waals surface area contributed by atoms with E-state index in [0.29, 0.717) is 17.7 Å². The fourth-order valence-corrected chi connectivity index (χ4v) is 3.38. The normalized spacial score (nSPS) is 15.3. The molecule has 0 radical (unpaired) electrons. The average molecular weight is 376 g/mol. The second kappa shape index (κ2) is 8.62. The van der Waals surface area contributed by atoms with Gasteiger partial charge in [0.2, 0.25) is 5.95 Å². The Bertz CT molecular complexity index is 879. The van der Waals surface area contributed by atoms with E-state index >= 15 is 0 Å². The maximum absolute atomic E-state index is 5.88. The maximum atomic E-state index is 5.88. The van der Waals surface area contributed by atoms with Crippen molar-refractivity contribution >= 4 is 23.4 Å². The van der Waals surface area contributed by atoms with Gasteiger partial charge in [0.05, 0.1) is 6.20 Å². The summed E-state index contributed by atoms with van der Waals surface area (Å²) in [5, 5.41) is 6.60. The molecule has 0 bridgehead atoms. The van der Waals surface area contributed by atoms with Crippen LogP contribution in [-0.2, 0) is 6.54 Å². The summed E-state index contributed by atoms with van der Waals surface area (Å²) in [4.78, 5) is 19.3. The summed E-state index contributed by atoms with van der Waals surface area (Å²) >= 11 is 0. The summed E-state index contributed by atoms with van der Waals surface area (Å²) in [6.07, 6.45) is 6.99. The molecule has 144 valence electrons. The molecule has 28 heavy (non-hydrogen) atoms. The molecule has 8 nitrogen and oxygen atoms in total. The first-order chi connectivity index (χ1) is 13.7. The van der Waals surface area contributed by atoms with Crippen LogP contribution < -0.4 is 16.4 Å². The second-order valence-electron chi connectivity index (χ2n) is 6.89. The van der Waals surface area contributed by atoms with E-state index in [-0.39, 0.29) is 5.95 Å². The molecular weight excluding hydrogens is 352 g/mol.